The third kappa shape index (κ3) is 3.88. The molecule has 0 aliphatic heterocycles. The van der Waals surface area contributed by atoms with Gasteiger partial charge in [-0.3, -0.25) is 4.79 Å². The largest absolute Gasteiger partial charge is 0.352 e. The van der Waals surface area contributed by atoms with Crippen LogP contribution >= 0.6 is 0 Å². The molecule has 17 heavy (non-hydrogen) atoms. The molecule has 0 aromatic heterocycles. The summed E-state index contributed by atoms with van der Waals surface area (Å²) in [5.74, 6) is 0.0453. The third-order valence-corrected chi connectivity index (χ3v) is 2.80. The fourth-order valence-electron chi connectivity index (χ4n) is 1.81. The van der Waals surface area contributed by atoms with Crippen molar-refractivity contribution in [1.29, 1.82) is 0 Å². The van der Waals surface area contributed by atoms with Crippen molar-refractivity contribution in [1.82, 2.24) is 5.32 Å². The molecular weight excluding hydrogens is 210 g/mol. The fraction of sp³-hybridized carbons (Fsp3) is 0.533. The number of carbonyl (C=O) groups is 1. The molecular formula is C15H23NO. The van der Waals surface area contributed by atoms with Crippen molar-refractivity contribution in [3.8, 4) is 0 Å². The summed E-state index contributed by atoms with van der Waals surface area (Å²) in [5, 5.41) is 2.97. The van der Waals surface area contributed by atoms with Gasteiger partial charge in [0.05, 0.1) is 0 Å². The van der Waals surface area contributed by atoms with Crippen LogP contribution in [0.3, 0.4) is 0 Å². The first-order chi connectivity index (χ1) is 7.96. The van der Waals surface area contributed by atoms with E-state index in [1.54, 1.807) is 0 Å². The summed E-state index contributed by atoms with van der Waals surface area (Å²) >= 11 is 0. The molecule has 94 valence electrons. The number of unbranched alkanes of at least 4 members (excludes halogenated alkanes) is 1. The minimum absolute atomic E-state index is 0.00130. The number of rotatable bonds is 4. The number of hydrogen-bond donors (Lipinski definition) is 1. The van der Waals surface area contributed by atoms with Gasteiger partial charge in [0.25, 0.3) is 5.91 Å². The molecule has 0 spiro atoms. The first kappa shape index (κ1) is 13.8. The van der Waals surface area contributed by atoms with Crippen LogP contribution in [0.5, 0.6) is 0 Å². The van der Waals surface area contributed by atoms with Crippen molar-refractivity contribution in [2.24, 2.45) is 0 Å². The van der Waals surface area contributed by atoms with E-state index in [-0.39, 0.29) is 11.3 Å². The average molecular weight is 233 g/mol. The van der Waals surface area contributed by atoms with Crippen molar-refractivity contribution in [3.63, 3.8) is 0 Å². The van der Waals surface area contributed by atoms with Gasteiger partial charge in [-0.15, -0.1) is 0 Å². The van der Waals surface area contributed by atoms with E-state index in [0.717, 1.165) is 30.5 Å². The Morgan fingerprint density at radius 2 is 1.88 bits per heavy atom. The molecule has 0 atom stereocenters. The summed E-state index contributed by atoms with van der Waals surface area (Å²) in [6.45, 7) is 9.27. The summed E-state index contributed by atoms with van der Waals surface area (Å²) in [6, 6.07) is 7.85. The zero-order valence-electron chi connectivity index (χ0n) is 11.3. The molecule has 2 heteroatoms. The van der Waals surface area contributed by atoms with Crippen LogP contribution in [0.25, 0.3) is 0 Å². The summed E-state index contributed by atoms with van der Waals surface area (Å²) < 4.78 is 0. The van der Waals surface area contributed by atoms with Gasteiger partial charge in [-0.2, -0.15) is 0 Å². The molecule has 2 nitrogen and oxygen atoms in total. The number of hydrogen-bond acceptors (Lipinski definition) is 1. The van der Waals surface area contributed by atoms with E-state index in [0.29, 0.717) is 0 Å². The summed E-state index contributed by atoms with van der Waals surface area (Å²) in [6.07, 6.45) is 2.13. The highest BCUT2D eigenvalue weighted by atomic mass is 16.1. The van der Waals surface area contributed by atoms with Crippen LogP contribution in [-0.4, -0.2) is 12.5 Å². The highest BCUT2D eigenvalue weighted by molar-refractivity contribution is 5.96. The second-order valence-electron chi connectivity index (χ2n) is 5.41. The van der Waals surface area contributed by atoms with E-state index in [4.69, 9.17) is 0 Å². The lowest BCUT2D eigenvalue weighted by Crippen LogP contribution is -2.27. The molecule has 0 heterocycles. The molecule has 0 fully saturated rings. The highest BCUT2D eigenvalue weighted by Crippen LogP contribution is 2.25. The molecule has 0 unspecified atom stereocenters. The van der Waals surface area contributed by atoms with Crippen LogP contribution in [0.2, 0.25) is 0 Å². The predicted octanol–water partition coefficient (Wildman–Crippen LogP) is 3.51. The number of benzene rings is 1. The van der Waals surface area contributed by atoms with Crippen LogP contribution in [0.1, 0.15) is 56.5 Å². The Labute approximate surface area is 104 Å². The first-order valence-corrected chi connectivity index (χ1v) is 6.34. The zero-order chi connectivity index (χ0) is 12.9. The number of carbonyl (C=O) groups excluding carboxylic acids is 1. The van der Waals surface area contributed by atoms with Gasteiger partial charge in [0.15, 0.2) is 0 Å². The Balaban J connectivity index is 2.86. The Bertz CT molecular complexity index is 377. The second kappa shape index (κ2) is 5.85. The average Bonchev–Trinajstić information content (AvgIpc) is 2.28. The van der Waals surface area contributed by atoms with Gasteiger partial charge in [-0.25, -0.2) is 0 Å². The van der Waals surface area contributed by atoms with Crippen molar-refractivity contribution in [2.45, 2.75) is 46.0 Å². The molecule has 0 aliphatic carbocycles. The molecule has 0 saturated carbocycles. The SMILES string of the molecule is CCCCNC(=O)c1ccccc1C(C)(C)C. The molecule has 0 radical (unpaired) electrons. The van der Waals surface area contributed by atoms with E-state index in [9.17, 15) is 4.79 Å². The molecule has 1 aromatic carbocycles. The maximum absolute atomic E-state index is 12.1. The Morgan fingerprint density at radius 3 is 2.47 bits per heavy atom. The van der Waals surface area contributed by atoms with E-state index in [1.165, 1.54) is 0 Å². The third-order valence-electron chi connectivity index (χ3n) is 2.80. The maximum atomic E-state index is 12.1. The number of amides is 1. The minimum atomic E-state index is -0.00130. The van der Waals surface area contributed by atoms with Gasteiger partial charge in [0.2, 0.25) is 0 Å². The monoisotopic (exact) mass is 233 g/mol. The quantitative estimate of drug-likeness (QED) is 0.792. The van der Waals surface area contributed by atoms with Gasteiger partial charge < -0.3 is 5.32 Å². The predicted molar refractivity (Wildman–Crippen MR) is 72.4 cm³/mol. The van der Waals surface area contributed by atoms with E-state index in [1.807, 2.05) is 24.3 Å². The highest BCUT2D eigenvalue weighted by Gasteiger charge is 2.20. The van der Waals surface area contributed by atoms with E-state index in [2.05, 4.69) is 33.0 Å². The van der Waals surface area contributed by atoms with Crippen molar-refractivity contribution in [2.75, 3.05) is 6.54 Å². The molecule has 1 N–H and O–H groups in total. The topological polar surface area (TPSA) is 29.1 Å². The molecule has 0 saturated heterocycles. The Hall–Kier alpha value is -1.31. The van der Waals surface area contributed by atoms with Crippen molar-refractivity contribution >= 4 is 5.91 Å². The van der Waals surface area contributed by atoms with Gasteiger partial charge in [0.1, 0.15) is 0 Å². The van der Waals surface area contributed by atoms with E-state index < -0.39 is 0 Å². The lowest BCUT2D eigenvalue weighted by atomic mass is 9.83. The summed E-state index contributed by atoms with van der Waals surface area (Å²) in [4.78, 5) is 12.1. The lowest BCUT2D eigenvalue weighted by molar-refractivity contribution is 0.0951. The molecule has 0 bridgehead atoms. The van der Waals surface area contributed by atoms with Gasteiger partial charge in [0, 0.05) is 12.1 Å². The van der Waals surface area contributed by atoms with Gasteiger partial charge >= 0.3 is 0 Å². The van der Waals surface area contributed by atoms with Crippen LogP contribution in [0.4, 0.5) is 0 Å². The Kier molecular flexibility index (Phi) is 4.73. The minimum Gasteiger partial charge on any atom is -0.352 e. The second-order valence-corrected chi connectivity index (χ2v) is 5.41. The van der Waals surface area contributed by atoms with Gasteiger partial charge in [-0.1, -0.05) is 52.3 Å². The molecule has 1 amide bonds. The van der Waals surface area contributed by atoms with Crippen LogP contribution < -0.4 is 5.32 Å². The number of nitrogens with one attached hydrogen (secondary N) is 1. The zero-order valence-corrected chi connectivity index (χ0v) is 11.3. The first-order valence-electron chi connectivity index (χ1n) is 6.34. The maximum Gasteiger partial charge on any atom is 0.251 e. The molecule has 0 aliphatic rings. The molecule has 1 rings (SSSR count). The van der Waals surface area contributed by atoms with Crippen LogP contribution in [0.15, 0.2) is 24.3 Å². The van der Waals surface area contributed by atoms with Crippen molar-refractivity contribution < 1.29 is 4.79 Å². The van der Waals surface area contributed by atoms with Crippen LogP contribution in [0, 0.1) is 0 Å². The smallest absolute Gasteiger partial charge is 0.251 e. The van der Waals surface area contributed by atoms with E-state index >= 15 is 0 Å². The van der Waals surface area contributed by atoms with Crippen molar-refractivity contribution in [3.05, 3.63) is 35.4 Å². The summed E-state index contributed by atoms with van der Waals surface area (Å²) in [7, 11) is 0. The normalized spacial score (nSPS) is 11.3. The lowest BCUT2D eigenvalue weighted by Gasteiger charge is -2.22. The molecule has 1 aromatic rings. The van der Waals surface area contributed by atoms with Gasteiger partial charge in [-0.05, 0) is 23.5 Å². The standard InChI is InChI=1S/C15H23NO/c1-5-6-11-16-14(17)12-9-7-8-10-13(12)15(2,3)4/h7-10H,5-6,11H2,1-4H3,(H,16,17). The fourth-order valence-corrected chi connectivity index (χ4v) is 1.81. The summed E-state index contributed by atoms with van der Waals surface area (Å²) in [5.41, 5.74) is 1.91. The Morgan fingerprint density at radius 1 is 1.24 bits per heavy atom. The van der Waals surface area contributed by atoms with Crippen LogP contribution in [-0.2, 0) is 5.41 Å².